The number of nitrogens with one attached hydrogen (secondary N) is 2. The molecule has 146 valence electrons. The number of nitrogens with two attached hydrogens (primary N) is 1. The number of aromatic amines is 1. The number of hydrogen-bond donors (Lipinski definition) is 3. The van der Waals surface area contributed by atoms with Gasteiger partial charge < -0.3 is 25.7 Å². The predicted octanol–water partition coefficient (Wildman–Crippen LogP) is -1.14. The Labute approximate surface area is 155 Å². The highest BCUT2D eigenvalue weighted by Gasteiger charge is 2.41. The molecule has 2 aliphatic rings. The van der Waals surface area contributed by atoms with Crippen LogP contribution in [-0.4, -0.2) is 63.3 Å². The topological polar surface area (TPSA) is 147 Å². The van der Waals surface area contributed by atoms with Crippen LogP contribution in [0.1, 0.15) is 31.9 Å². The zero-order valence-corrected chi connectivity index (χ0v) is 15.0. The maximum atomic E-state index is 13.0. The van der Waals surface area contributed by atoms with E-state index in [2.05, 4.69) is 15.3 Å². The summed E-state index contributed by atoms with van der Waals surface area (Å²) in [5, 5.41) is 2.67. The second kappa shape index (κ2) is 7.77. The summed E-state index contributed by atoms with van der Waals surface area (Å²) in [5.74, 6) is -2.21. The number of H-pyrrole nitrogens is 1. The minimum Gasteiger partial charge on any atom is -0.452 e. The van der Waals surface area contributed by atoms with Crippen LogP contribution in [-0.2, 0) is 30.3 Å². The number of aromatic nitrogens is 2. The highest BCUT2D eigenvalue weighted by molar-refractivity contribution is 5.94. The number of esters is 1. The molecule has 3 amide bonds. The number of likely N-dealkylation sites (tertiary alicyclic amines) is 1. The van der Waals surface area contributed by atoms with E-state index in [1.165, 1.54) is 11.2 Å². The van der Waals surface area contributed by atoms with Crippen molar-refractivity contribution in [2.24, 2.45) is 11.7 Å². The molecule has 2 saturated heterocycles. The Bertz CT molecular complexity index is 734. The van der Waals surface area contributed by atoms with Crippen molar-refractivity contribution in [2.45, 2.75) is 50.8 Å². The van der Waals surface area contributed by atoms with Crippen LogP contribution in [0.5, 0.6) is 0 Å². The normalized spacial score (nSPS) is 25.9. The second-order valence-electron chi connectivity index (χ2n) is 7.01. The number of cyclic esters (lactones) is 1. The molecule has 10 heteroatoms. The van der Waals surface area contributed by atoms with Crippen LogP contribution in [0.3, 0.4) is 0 Å². The summed E-state index contributed by atoms with van der Waals surface area (Å²) in [7, 11) is 0. The number of amides is 3. The van der Waals surface area contributed by atoms with Gasteiger partial charge in [-0.25, -0.2) is 4.98 Å². The number of primary amides is 1. The van der Waals surface area contributed by atoms with E-state index < -0.39 is 41.9 Å². The summed E-state index contributed by atoms with van der Waals surface area (Å²) in [4.78, 5) is 57.0. The Morgan fingerprint density at radius 1 is 1.48 bits per heavy atom. The molecule has 0 saturated carbocycles. The number of hydrogen-bond acceptors (Lipinski definition) is 6. The van der Waals surface area contributed by atoms with Crippen LogP contribution in [0.25, 0.3) is 0 Å². The highest BCUT2D eigenvalue weighted by Crippen LogP contribution is 2.23. The Balaban J connectivity index is 1.76. The fraction of sp³-hybridized carbons (Fsp3) is 0.588. The third-order valence-corrected chi connectivity index (χ3v) is 4.97. The van der Waals surface area contributed by atoms with Gasteiger partial charge in [-0.2, -0.15) is 0 Å². The monoisotopic (exact) mass is 377 g/mol. The molecule has 3 rings (SSSR count). The molecular weight excluding hydrogens is 354 g/mol. The summed E-state index contributed by atoms with van der Waals surface area (Å²) in [6.45, 7) is 2.14. The van der Waals surface area contributed by atoms with Gasteiger partial charge in [-0.05, 0) is 12.8 Å². The van der Waals surface area contributed by atoms with Gasteiger partial charge in [0.25, 0.3) is 5.91 Å². The van der Waals surface area contributed by atoms with E-state index in [0.29, 0.717) is 25.1 Å². The van der Waals surface area contributed by atoms with Crippen LogP contribution < -0.4 is 11.1 Å². The molecule has 4 atom stereocenters. The molecule has 0 radical (unpaired) electrons. The Morgan fingerprint density at radius 2 is 2.26 bits per heavy atom. The van der Waals surface area contributed by atoms with E-state index in [9.17, 15) is 19.2 Å². The lowest BCUT2D eigenvalue weighted by Crippen LogP contribution is -2.55. The molecule has 4 N–H and O–H groups in total. The molecule has 2 aliphatic heterocycles. The average molecular weight is 377 g/mol. The van der Waals surface area contributed by atoms with Crippen LogP contribution in [0.4, 0.5) is 0 Å². The molecule has 0 aromatic carbocycles. The quantitative estimate of drug-likeness (QED) is 0.534. The minimum absolute atomic E-state index is 0.144. The van der Waals surface area contributed by atoms with Gasteiger partial charge in [-0.15, -0.1) is 0 Å². The lowest BCUT2D eigenvalue weighted by molar-refractivity contribution is -0.150. The second-order valence-corrected chi connectivity index (χ2v) is 7.01. The van der Waals surface area contributed by atoms with Crippen LogP contribution >= 0.6 is 0 Å². The first-order valence-electron chi connectivity index (χ1n) is 8.94. The van der Waals surface area contributed by atoms with Crippen molar-refractivity contribution < 1.29 is 23.9 Å². The molecule has 0 aliphatic carbocycles. The molecular formula is C17H23N5O5. The molecule has 0 bridgehead atoms. The maximum Gasteiger partial charge on any atom is 0.307 e. The first-order valence-corrected chi connectivity index (χ1v) is 8.94. The van der Waals surface area contributed by atoms with E-state index in [1.807, 2.05) is 0 Å². The van der Waals surface area contributed by atoms with Crippen molar-refractivity contribution in [1.82, 2.24) is 20.2 Å². The van der Waals surface area contributed by atoms with Crippen molar-refractivity contribution in [3.8, 4) is 0 Å². The zero-order chi connectivity index (χ0) is 19.6. The average Bonchev–Trinajstić information content (AvgIpc) is 3.34. The molecule has 0 spiro atoms. The minimum atomic E-state index is -0.938. The van der Waals surface area contributed by atoms with Crippen LogP contribution in [0.15, 0.2) is 12.5 Å². The van der Waals surface area contributed by atoms with Crippen molar-refractivity contribution in [2.75, 3.05) is 6.54 Å². The SMILES string of the molecule is C[C@@H]1CC(=O)O[C@@H]1C(=O)N[C@@H](Cc1c[nH]cn1)C(=O)N1CCC[C@H]1C(N)=O. The van der Waals surface area contributed by atoms with E-state index in [1.54, 1.807) is 13.1 Å². The maximum absolute atomic E-state index is 13.0. The van der Waals surface area contributed by atoms with Gasteiger partial charge >= 0.3 is 5.97 Å². The molecule has 2 fully saturated rings. The molecule has 1 aromatic rings. The number of carbonyl (C=O) groups excluding carboxylic acids is 4. The van der Waals surface area contributed by atoms with Gasteiger partial charge in [0.05, 0.1) is 18.4 Å². The number of nitrogens with zero attached hydrogens (tertiary/aromatic N) is 2. The zero-order valence-electron chi connectivity index (χ0n) is 15.0. The van der Waals surface area contributed by atoms with Crippen LogP contribution in [0.2, 0.25) is 0 Å². The highest BCUT2D eigenvalue weighted by atomic mass is 16.6. The summed E-state index contributed by atoms with van der Waals surface area (Å²) in [5.41, 5.74) is 5.98. The third-order valence-electron chi connectivity index (χ3n) is 4.97. The Hall–Kier alpha value is -2.91. The molecule has 1 aromatic heterocycles. The molecule has 27 heavy (non-hydrogen) atoms. The van der Waals surface area contributed by atoms with E-state index >= 15 is 0 Å². The standard InChI is InChI=1S/C17H23N5O5/c1-9-5-13(23)27-14(9)16(25)21-11(6-10-7-19-8-20-10)17(26)22-4-2-3-12(22)15(18)24/h7-9,11-12,14H,2-6H2,1H3,(H2,18,24)(H,19,20)(H,21,25)/t9-,11+,12+,14+/m1/s1. The largest absolute Gasteiger partial charge is 0.452 e. The van der Waals surface area contributed by atoms with Crippen molar-refractivity contribution in [1.29, 1.82) is 0 Å². The molecule has 3 heterocycles. The Kier molecular flexibility index (Phi) is 5.43. The number of ether oxygens (including phenoxy) is 1. The third kappa shape index (κ3) is 4.09. The van der Waals surface area contributed by atoms with Gasteiger partial charge in [0, 0.05) is 25.1 Å². The number of rotatable bonds is 6. The van der Waals surface area contributed by atoms with Crippen molar-refractivity contribution in [3.63, 3.8) is 0 Å². The summed E-state index contributed by atoms with van der Waals surface area (Å²) < 4.78 is 5.06. The fourth-order valence-electron chi connectivity index (χ4n) is 3.58. The fourth-order valence-corrected chi connectivity index (χ4v) is 3.58. The van der Waals surface area contributed by atoms with Gasteiger partial charge in [0.15, 0.2) is 6.10 Å². The summed E-state index contributed by atoms with van der Waals surface area (Å²) >= 11 is 0. The first-order chi connectivity index (χ1) is 12.9. The smallest absolute Gasteiger partial charge is 0.307 e. The van der Waals surface area contributed by atoms with Crippen LogP contribution in [0, 0.1) is 5.92 Å². The van der Waals surface area contributed by atoms with E-state index in [4.69, 9.17) is 10.5 Å². The lowest BCUT2D eigenvalue weighted by atomic mass is 10.0. The summed E-state index contributed by atoms with van der Waals surface area (Å²) in [6.07, 6.45) is 3.64. The van der Waals surface area contributed by atoms with E-state index in [-0.39, 0.29) is 18.8 Å². The first kappa shape index (κ1) is 18.9. The van der Waals surface area contributed by atoms with E-state index in [0.717, 1.165) is 0 Å². The van der Waals surface area contributed by atoms with Crippen molar-refractivity contribution >= 4 is 23.7 Å². The van der Waals surface area contributed by atoms with Gasteiger partial charge in [-0.3, -0.25) is 19.2 Å². The molecule has 0 unspecified atom stereocenters. The van der Waals surface area contributed by atoms with Gasteiger partial charge in [0.1, 0.15) is 12.1 Å². The number of imidazole rings is 1. The van der Waals surface area contributed by atoms with Gasteiger partial charge in [0.2, 0.25) is 11.8 Å². The van der Waals surface area contributed by atoms with Gasteiger partial charge in [-0.1, -0.05) is 6.92 Å². The summed E-state index contributed by atoms with van der Waals surface area (Å²) in [6, 6.07) is -1.62. The lowest BCUT2D eigenvalue weighted by Gasteiger charge is -2.28. The Morgan fingerprint density at radius 3 is 2.85 bits per heavy atom. The predicted molar refractivity (Wildman–Crippen MR) is 91.8 cm³/mol. The van der Waals surface area contributed by atoms with Crippen molar-refractivity contribution in [3.05, 3.63) is 18.2 Å². The number of carbonyl (C=O) groups is 4. The molecule has 10 nitrogen and oxygen atoms in total.